The summed E-state index contributed by atoms with van der Waals surface area (Å²) in [6, 6.07) is 9.32. The van der Waals surface area contributed by atoms with Gasteiger partial charge in [-0.2, -0.15) is 5.26 Å². The number of fused-ring (bicyclic) bond motifs is 2. The van der Waals surface area contributed by atoms with Crippen molar-refractivity contribution in [1.29, 1.82) is 5.26 Å². The zero-order valence-corrected chi connectivity index (χ0v) is 12.8. The summed E-state index contributed by atoms with van der Waals surface area (Å²) in [5.41, 5.74) is 3.83. The first-order chi connectivity index (χ1) is 10.2. The van der Waals surface area contributed by atoms with E-state index in [1.54, 1.807) is 0 Å². The number of halogens is 1. The highest BCUT2D eigenvalue weighted by molar-refractivity contribution is 6.32. The number of nitrogens with one attached hydrogen (secondary N) is 1. The van der Waals surface area contributed by atoms with E-state index in [9.17, 15) is 0 Å². The van der Waals surface area contributed by atoms with Crippen molar-refractivity contribution < 1.29 is 0 Å². The third-order valence-corrected chi connectivity index (χ3v) is 5.59. The standard InChI is InChI=1S/C17H18ClN3/c1-21-9-10(5-6-19)7-12-11-3-2-4-14-16(11)13(8-15(12)21)17(18)20-14/h2-4,10,12,15,20H,5,7-9H2,1H3/t10-,12+,15+/m0/s1. The maximum Gasteiger partial charge on any atom is 0.110 e. The summed E-state index contributed by atoms with van der Waals surface area (Å²) in [4.78, 5) is 5.75. The summed E-state index contributed by atoms with van der Waals surface area (Å²) in [5.74, 6) is 0.998. The van der Waals surface area contributed by atoms with Crippen molar-refractivity contribution >= 4 is 22.5 Å². The minimum Gasteiger partial charge on any atom is -0.345 e. The van der Waals surface area contributed by atoms with E-state index in [1.807, 2.05) is 0 Å². The predicted octanol–water partition coefficient (Wildman–Crippen LogP) is 3.69. The van der Waals surface area contributed by atoms with Gasteiger partial charge in [0.15, 0.2) is 0 Å². The fraction of sp³-hybridized carbons (Fsp3) is 0.471. The Bertz CT molecular complexity index is 742. The van der Waals surface area contributed by atoms with Gasteiger partial charge in [-0.15, -0.1) is 0 Å². The molecule has 0 bridgehead atoms. The van der Waals surface area contributed by atoms with Crippen molar-refractivity contribution in [3.05, 3.63) is 34.5 Å². The number of hydrogen-bond acceptors (Lipinski definition) is 2. The number of nitriles is 1. The van der Waals surface area contributed by atoms with Crippen LogP contribution in [0, 0.1) is 17.2 Å². The highest BCUT2D eigenvalue weighted by Crippen LogP contribution is 2.46. The van der Waals surface area contributed by atoms with E-state index in [0.29, 0.717) is 24.3 Å². The second kappa shape index (κ2) is 4.76. The van der Waals surface area contributed by atoms with Crippen molar-refractivity contribution in [2.24, 2.45) is 5.92 Å². The lowest BCUT2D eigenvalue weighted by Crippen LogP contribution is -2.47. The lowest BCUT2D eigenvalue weighted by atomic mass is 9.72. The largest absolute Gasteiger partial charge is 0.345 e. The molecule has 0 spiro atoms. The Kier molecular flexibility index (Phi) is 2.99. The van der Waals surface area contributed by atoms with Crippen LogP contribution in [0.2, 0.25) is 5.15 Å². The monoisotopic (exact) mass is 299 g/mol. The number of hydrogen-bond donors (Lipinski definition) is 1. The van der Waals surface area contributed by atoms with Crippen LogP contribution in [0.1, 0.15) is 29.9 Å². The van der Waals surface area contributed by atoms with Crippen molar-refractivity contribution in [2.45, 2.75) is 31.2 Å². The van der Waals surface area contributed by atoms with Crippen LogP contribution < -0.4 is 0 Å². The first-order valence-electron chi connectivity index (χ1n) is 7.55. The maximum absolute atomic E-state index is 9.02. The molecule has 1 aliphatic heterocycles. The molecule has 3 nitrogen and oxygen atoms in total. The van der Waals surface area contributed by atoms with Crippen LogP contribution in [0.15, 0.2) is 18.2 Å². The van der Waals surface area contributed by atoms with Gasteiger partial charge in [-0.1, -0.05) is 23.7 Å². The summed E-state index contributed by atoms with van der Waals surface area (Å²) in [7, 11) is 2.19. The smallest absolute Gasteiger partial charge is 0.110 e. The molecule has 1 aliphatic carbocycles. The number of nitrogens with zero attached hydrogens (tertiary/aromatic N) is 2. The molecule has 0 amide bonds. The average molecular weight is 300 g/mol. The molecule has 21 heavy (non-hydrogen) atoms. The van der Waals surface area contributed by atoms with E-state index >= 15 is 0 Å². The molecule has 1 fully saturated rings. The van der Waals surface area contributed by atoms with Crippen LogP contribution in [0.4, 0.5) is 0 Å². The van der Waals surface area contributed by atoms with Crippen LogP contribution in [0.3, 0.4) is 0 Å². The molecular weight excluding hydrogens is 282 g/mol. The molecular formula is C17H18ClN3. The van der Waals surface area contributed by atoms with Gasteiger partial charge in [0.25, 0.3) is 0 Å². The Morgan fingerprint density at radius 3 is 3.14 bits per heavy atom. The van der Waals surface area contributed by atoms with Gasteiger partial charge in [-0.25, -0.2) is 0 Å². The molecule has 2 aliphatic rings. The minimum atomic E-state index is 0.479. The predicted molar refractivity (Wildman–Crippen MR) is 84.5 cm³/mol. The quantitative estimate of drug-likeness (QED) is 0.872. The van der Waals surface area contributed by atoms with E-state index in [-0.39, 0.29) is 0 Å². The van der Waals surface area contributed by atoms with Gasteiger partial charge in [0.1, 0.15) is 5.15 Å². The summed E-state index contributed by atoms with van der Waals surface area (Å²) < 4.78 is 0. The van der Waals surface area contributed by atoms with Crippen molar-refractivity contribution in [2.75, 3.05) is 13.6 Å². The molecule has 1 aromatic carbocycles. The van der Waals surface area contributed by atoms with E-state index in [0.717, 1.165) is 30.1 Å². The zero-order chi connectivity index (χ0) is 14.6. The second-order valence-electron chi connectivity index (χ2n) is 6.47. The third-order valence-electron chi connectivity index (χ3n) is 5.26. The number of rotatable bonds is 1. The summed E-state index contributed by atoms with van der Waals surface area (Å²) in [6.45, 7) is 1.02. The van der Waals surface area contributed by atoms with Crippen LogP contribution in [0.25, 0.3) is 10.9 Å². The molecule has 0 radical (unpaired) electrons. The lowest BCUT2D eigenvalue weighted by molar-refractivity contribution is 0.113. The van der Waals surface area contributed by atoms with Gasteiger partial charge in [-0.05, 0) is 43.0 Å². The summed E-state index contributed by atoms with van der Waals surface area (Å²) in [5, 5.41) is 11.1. The number of benzene rings is 1. The van der Waals surface area contributed by atoms with Crippen molar-refractivity contribution in [1.82, 2.24) is 9.88 Å². The second-order valence-corrected chi connectivity index (χ2v) is 6.85. The van der Waals surface area contributed by atoms with Crippen molar-refractivity contribution in [3.63, 3.8) is 0 Å². The van der Waals surface area contributed by atoms with Gasteiger partial charge < -0.3 is 9.88 Å². The van der Waals surface area contributed by atoms with Gasteiger partial charge in [-0.3, -0.25) is 0 Å². The molecule has 4 heteroatoms. The van der Waals surface area contributed by atoms with E-state index in [4.69, 9.17) is 16.9 Å². The third kappa shape index (κ3) is 1.90. The number of likely N-dealkylation sites (tertiary alicyclic amines) is 1. The first kappa shape index (κ1) is 13.2. The number of aromatic nitrogens is 1. The Labute approximate surface area is 129 Å². The fourth-order valence-electron chi connectivity index (χ4n) is 4.37. The average Bonchev–Trinajstić information content (AvgIpc) is 2.78. The van der Waals surface area contributed by atoms with Gasteiger partial charge >= 0.3 is 0 Å². The molecule has 2 heterocycles. The summed E-state index contributed by atoms with van der Waals surface area (Å²) in [6.07, 6.45) is 2.78. The van der Waals surface area contributed by atoms with Gasteiger partial charge in [0.05, 0.1) is 6.07 Å². The highest BCUT2D eigenvalue weighted by atomic mass is 35.5. The van der Waals surface area contributed by atoms with E-state index in [1.165, 1.54) is 16.5 Å². The Morgan fingerprint density at radius 1 is 1.48 bits per heavy atom. The van der Waals surface area contributed by atoms with Crippen molar-refractivity contribution in [3.8, 4) is 6.07 Å². The van der Waals surface area contributed by atoms with Crippen LogP contribution in [0.5, 0.6) is 0 Å². The molecule has 1 aromatic heterocycles. The topological polar surface area (TPSA) is 42.8 Å². The molecule has 3 atom stereocenters. The molecule has 1 N–H and O–H groups in total. The molecule has 0 saturated carbocycles. The molecule has 108 valence electrons. The number of likely N-dealkylation sites (N-methyl/N-ethyl adjacent to an activating group) is 1. The Morgan fingerprint density at radius 2 is 2.33 bits per heavy atom. The Hall–Kier alpha value is -1.50. The minimum absolute atomic E-state index is 0.479. The number of aromatic amines is 1. The zero-order valence-electron chi connectivity index (χ0n) is 12.1. The lowest BCUT2D eigenvalue weighted by Gasteiger charge is -2.45. The SMILES string of the molecule is CN1C[C@@H](CC#N)C[C@@H]2c3cccc4[nH]c(Cl)c(c34)C[C@H]21. The molecule has 1 saturated heterocycles. The van der Waals surface area contributed by atoms with E-state index < -0.39 is 0 Å². The molecule has 4 rings (SSSR count). The Balaban J connectivity index is 1.84. The fourth-order valence-corrected chi connectivity index (χ4v) is 4.65. The van der Waals surface area contributed by atoms with E-state index in [2.05, 4.69) is 41.2 Å². The van der Waals surface area contributed by atoms with Gasteiger partial charge in [0, 0.05) is 35.8 Å². The first-order valence-corrected chi connectivity index (χ1v) is 7.93. The summed E-state index contributed by atoms with van der Waals surface area (Å²) >= 11 is 6.41. The molecule has 0 unspecified atom stereocenters. The number of piperidine rings is 1. The normalized spacial score (nSPS) is 28.3. The highest BCUT2D eigenvalue weighted by Gasteiger charge is 2.39. The van der Waals surface area contributed by atoms with Crippen LogP contribution in [-0.2, 0) is 6.42 Å². The van der Waals surface area contributed by atoms with Gasteiger partial charge in [0.2, 0.25) is 0 Å². The maximum atomic E-state index is 9.02. The molecule has 2 aromatic rings. The van der Waals surface area contributed by atoms with Crippen LogP contribution in [-0.4, -0.2) is 29.5 Å². The number of H-pyrrole nitrogens is 1. The van der Waals surface area contributed by atoms with Crippen LogP contribution >= 0.6 is 11.6 Å².